The molecule has 1 aromatic heterocycles. The quantitative estimate of drug-likeness (QED) is 0.831. The highest BCUT2D eigenvalue weighted by molar-refractivity contribution is 6.07. The lowest BCUT2D eigenvalue weighted by Crippen LogP contribution is -2.48. The van der Waals surface area contributed by atoms with Gasteiger partial charge in [0.25, 0.3) is 5.91 Å². The summed E-state index contributed by atoms with van der Waals surface area (Å²) in [6, 6.07) is 11.7. The number of para-hydroxylation sites is 1. The number of rotatable bonds is 2. The monoisotopic (exact) mass is 350 g/mol. The number of pyridine rings is 1. The number of fused-ring (bicyclic) bond motifs is 1. The van der Waals surface area contributed by atoms with Gasteiger partial charge in [-0.25, -0.2) is 4.98 Å². The van der Waals surface area contributed by atoms with Crippen molar-refractivity contribution in [2.75, 3.05) is 42.5 Å². The molecule has 134 valence electrons. The number of carbonyl (C=O) groups is 2. The highest BCUT2D eigenvalue weighted by Crippen LogP contribution is 2.29. The van der Waals surface area contributed by atoms with Gasteiger partial charge in [-0.2, -0.15) is 0 Å². The number of anilines is 2. The number of hydrogen-bond donors (Lipinski definition) is 0. The fraction of sp³-hybridized carbons (Fsp3) is 0.350. The first kappa shape index (κ1) is 16.6. The Kier molecular flexibility index (Phi) is 4.32. The maximum Gasteiger partial charge on any atom is 0.258 e. The van der Waals surface area contributed by atoms with Crippen LogP contribution in [0.25, 0.3) is 0 Å². The molecule has 2 aliphatic heterocycles. The first-order chi connectivity index (χ1) is 12.6. The van der Waals surface area contributed by atoms with Crippen molar-refractivity contribution >= 4 is 23.3 Å². The van der Waals surface area contributed by atoms with Gasteiger partial charge in [-0.3, -0.25) is 9.59 Å². The molecule has 3 heterocycles. The highest BCUT2D eigenvalue weighted by Gasteiger charge is 2.26. The second-order valence-electron chi connectivity index (χ2n) is 6.73. The summed E-state index contributed by atoms with van der Waals surface area (Å²) >= 11 is 0. The maximum atomic E-state index is 13.0. The van der Waals surface area contributed by atoms with Gasteiger partial charge in [-0.1, -0.05) is 18.2 Å². The summed E-state index contributed by atoms with van der Waals surface area (Å²) in [5.41, 5.74) is 2.88. The Morgan fingerprint density at radius 2 is 1.77 bits per heavy atom. The number of amides is 2. The van der Waals surface area contributed by atoms with Crippen molar-refractivity contribution in [2.24, 2.45) is 0 Å². The van der Waals surface area contributed by atoms with E-state index in [9.17, 15) is 9.59 Å². The number of aromatic nitrogens is 1. The fourth-order valence-corrected chi connectivity index (χ4v) is 3.68. The van der Waals surface area contributed by atoms with Gasteiger partial charge in [0, 0.05) is 57.1 Å². The zero-order valence-electron chi connectivity index (χ0n) is 14.9. The average molecular weight is 350 g/mol. The first-order valence-corrected chi connectivity index (χ1v) is 9.00. The fourth-order valence-electron chi connectivity index (χ4n) is 3.68. The van der Waals surface area contributed by atoms with E-state index >= 15 is 0 Å². The molecule has 6 heteroatoms. The third-order valence-corrected chi connectivity index (χ3v) is 5.17. The van der Waals surface area contributed by atoms with Crippen molar-refractivity contribution in [1.82, 2.24) is 9.88 Å². The van der Waals surface area contributed by atoms with Crippen LogP contribution in [0, 0.1) is 0 Å². The summed E-state index contributed by atoms with van der Waals surface area (Å²) < 4.78 is 0. The minimum Gasteiger partial charge on any atom is -0.353 e. The Bertz CT molecular complexity index is 843. The molecule has 0 aliphatic carbocycles. The highest BCUT2D eigenvalue weighted by atomic mass is 16.2. The van der Waals surface area contributed by atoms with Crippen molar-refractivity contribution in [3.8, 4) is 0 Å². The van der Waals surface area contributed by atoms with E-state index < -0.39 is 0 Å². The molecule has 1 saturated heterocycles. The molecule has 2 amide bonds. The van der Waals surface area contributed by atoms with Crippen molar-refractivity contribution in [3.63, 3.8) is 0 Å². The zero-order valence-corrected chi connectivity index (χ0v) is 14.9. The van der Waals surface area contributed by atoms with Crippen molar-refractivity contribution < 1.29 is 9.59 Å². The van der Waals surface area contributed by atoms with E-state index in [1.54, 1.807) is 19.2 Å². The standard InChI is InChI=1S/C20H22N4O2/c1-15(25)22-10-12-23(13-11-22)19-14-17(6-8-21-19)20(26)24-9-7-16-4-2-3-5-18(16)24/h2-6,8,14H,7,9-13H2,1H3. The van der Waals surface area contributed by atoms with Gasteiger partial charge < -0.3 is 14.7 Å². The van der Waals surface area contributed by atoms with E-state index in [1.165, 1.54) is 5.56 Å². The molecule has 0 unspecified atom stereocenters. The number of benzene rings is 1. The SMILES string of the molecule is CC(=O)N1CCN(c2cc(C(=O)N3CCc4ccccc43)ccn2)CC1. The summed E-state index contributed by atoms with van der Waals surface area (Å²) in [5, 5.41) is 0. The second kappa shape index (κ2) is 6.78. The largest absolute Gasteiger partial charge is 0.353 e. The van der Waals surface area contributed by atoms with Crippen LogP contribution in [0.3, 0.4) is 0 Å². The van der Waals surface area contributed by atoms with Gasteiger partial charge in [0.2, 0.25) is 5.91 Å². The van der Waals surface area contributed by atoms with E-state index in [-0.39, 0.29) is 11.8 Å². The minimum atomic E-state index is 0.0148. The van der Waals surface area contributed by atoms with Gasteiger partial charge >= 0.3 is 0 Å². The number of piperazine rings is 1. The van der Waals surface area contributed by atoms with Gasteiger partial charge in [-0.15, -0.1) is 0 Å². The molecule has 26 heavy (non-hydrogen) atoms. The van der Waals surface area contributed by atoms with Crippen LogP contribution in [0.1, 0.15) is 22.8 Å². The van der Waals surface area contributed by atoms with E-state index in [0.29, 0.717) is 25.2 Å². The molecule has 1 fully saturated rings. The van der Waals surface area contributed by atoms with E-state index in [4.69, 9.17) is 0 Å². The van der Waals surface area contributed by atoms with E-state index in [1.807, 2.05) is 34.1 Å². The van der Waals surface area contributed by atoms with Crippen LogP contribution in [0.4, 0.5) is 11.5 Å². The molecule has 0 atom stereocenters. The molecule has 0 bridgehead atoms. The smallest absolute Gasteiger partial charge is 0.258 e. The molecule has 6 nitrogen and oxygen atoms in total. The van der Waals surface area contributed by atoms with Crippen LogP contribution in [0.5, 0.6) is 0 Å². The topological polar surface area (TPSA) is 56.8 Å². The van der Waals surface area contributed by atoms with Crippen LogP contribution in [-0.2, 0) is 11.2 Å². The maximum absolute atomic E-state index is 13.0. The van der Waals surface area contributed by atoms with Gasteiger partial charge in [0.05, 0.1) is 0 Å². The third-order valence-electron chi connectivity index (χ3n) is 5.17. The predicted octanol–water partition coefficient (Wildman–Crippen LogP) is 1.95. The van der Waals surface area contributed by atoms with Crippen LogP contribution in [0.15, 0.2) is 42.6 Å². The summed E-state index contributed by atoms with van der Waals surface area (Å²) in [7, 11) is 0. The molecular weight excluding hydrogens is 328 g/mol. The van der Waals surface area contributed by atoms with E-state index in [2.05, 4.69) is 16.0 Å². The molecule has 1 aromatic carbocycles. The Morgan fingerprint density at radius 3 is 2.54 bits per heavy atom. The summed E-state index contributed by atoms with van der Waals surface area (Å²) in [4.78, 5) is 34.7. The van der Waals surface area contributed by atoms with Gasteiger partial charge in [0.1, 0.15) is 5.82 Å². The van der Waals surface area contributed by atoms with Crippen LogP contribution in [0.2, 0.25) is 0 Å². The number of hydrogen-bond acceptors (Lipinski definition) is 4. The van der Waals surface area contributed by atoms with Crippen LogP contribution >= 0.6 is 0 Å². The Labute approximate surface area is 153 Å². The molecule has 0 spiro atoms. The summed E-state index contributed by atoms with van der Waals surface area (Å²) in [5.74, 6) is 0.918. The first-order valence-electron chi connectivity index (χ1n) is 9.00. The molecule has 0 N–H and O–H groups in total. The van der Waals surface area contributed by atoms with Crippen LogP contribution in [-0.4, -0.2) is 54.4 Å². The third kappa shape index (κ3) is 3.03. The Morgan fingerprint density at radius 1 is 1.00 bits per heavy atom. The van der Waals surface area contributed by atoms with Crippen molar-refractivity contribution in [1.29, 1.82) is 0 Å². The molecule has 4 rings (SSSR count). The summed E-state index contributed by atoms with van der Waals surface area (Å²) in [6.45, 7) is 5.16. The predicted molar refractivity (Wildman–Crippen MR) is 101 cm³/mol. The lowest BCUT2D eigenvalue weighted by molar-refractivity contribution is -0.129. The zero-order chi connectivity index (χ0) is 18.1. The molecular formula is C20H22N4O2. The van der Waals surface area contributed by atoms with Gasteiger partial charge in [-0.05, 0) is 30.2 Å². The Hall–Kier alpha value is -2.89. The number of nitrogens with zero attached hydrogens (tertiary/aromatic N) is 4. The van der Waals surface area contributed by atoms with Crippen molar-refractivity contribution in [3.05, 3.63) is 53.7 Å². The normalized spacial score (nSPS) is 16.6. The minimum absolute atomic E-state index is 0.0148. The Balaban J connectivity index is 1.52. The second-order valence-corrected chi connectivity index (χ2v) is 6.73. The van der Waals surface area contributed by atoms with Gasteiger partial charge in [0.15, 0.2) is 0 Å². The lowest BCUT2D eigenvalue weighted by Gasteiger charge is -2.35. The van der Waals surface area contributed by atoms with Crippen molar-refractivity contribution in [2.45, 2.75) is 13.3 Å². The lowest BCUT2D eigenvalue weighted by atomic mass is 10.1. The summed E-state index contributed by atoms with van der Waals surface area (Å²) in [6.07, 6.45) is 2.59. The van der Waals surface area contributed by atoms with E-state index in [0.717, 1.165) is 31.0 Å². The number of carbonyl (C=O) groups excluding carboxylic acids is 2. The molecule has 0 saturated carbocycles. The molecule has 2 aromatic rings. The molecule has 0 radical (unpaired) electrons. The molecule has 2 aliphatic rings. The average Bonchev–Trinajstić information content (AvgIpc) is 3.12. The van der Waals surface area contributed by atoms with Crippen LogP contribution < -0.4 is 9.80 Å².